The van der Waals surface area contributed by atoms with Crippen LogP contribution in [0.15, 0.2) is 4.52 Å². The summed E-state index contributed by atoms with van der Waals surface area (Å²) in [6, 6.07) is 0.519. The van der Waals surface area contributed by atoms with Crippen LogP contribution in [0.2, 0.25) is 0 Å². The zero-order valence-corrected chi connectivity index (χ0v) is 14.0. The van der Waals surface area contributed by atoms with Gasteiger partial charge in [-0.15, -0.1) is 0 Å². The summed E-state index contributed by atoms with van der Waals surface area (Å²) in [6.45, 7) is 7.51. The van der Waals surface area contributed by atoms with Gasteiger partial charge in [-0.25, -0.2) is 0 Å². The average molecular weight is 321 g/mol. The van der Waals surface area contributed by atoms with E-state index < -0.39 is 0 Å². The lowest BCUT2D eigenvalue weighted by Gasteiger charge is -2.32. The van der Waals surface area contributed by atoms with Gasteiger partial charge in [0, 0.05) is 39.0 Å². The normalized spacial score (nSPS) is 22.9. The third-order valence-electron chi connectivity index (χ3n) is 4.65. The molecule has 3 rings (SSSR count). The van der Waals surface area contributed by atoms with Crippen molar-refractivity contribution in [2.24, 2.45) is 0 Å². The molecule has 2 fully saturated rings. The lowest BCUT2D eigenvalue weighted by atomic mass is 10.1. The van der Waals surface area contributed by atoms with Crippen LogP contribution in [0.5, 0.6) is 0 Å². The van der Waals surface area contributed by atoms with E-state index in [1.54, 1.807) is 0 Å². The minimum Gasteiger partial charge on any atom is -0.343 e. The Morgan fingerprint density at radius 1 is 1.35 bits per heavy atom. The molecule has 3 heterocycles. The molecule has 0 unspecified atom stereocenters. The molecule has 0 aromatic carbocycles. The van der Waals surface area contributed by atoms with Crippen LogP contribution in [0.3, 0.4) is 0 Å². The van der Waals surface area contributed by atoms with Crippen LogP contribution in [0.4, 0.5) is 0 Å². The highest BCUT2D eigenvalue weighted by atomic mass is 16.5. The van der Waals surface area contributed by atoms with Gasteiger partial charge in [0.25, 0.3) is 0 Å². The third-order valence-corrected chi connectivity index (χ3v) is 4.65. The Bertz CT molecular complexity index is 518. The van der Waals surface area contributed by atoms with E-state index in [1.165, 1.54) is 12.8 Å². The molecule has 0 aliphatic carbocycles. The van der Waals surface area contributed by atoms with Crippen molar-refractivity contribution >= 4 is 5.91 Å². The molecule has 1 aromatic rings. The smallest absolute Gasteiger partial charge is 0.223 e. The van der Waals surface area contributed by atoms with Crippen molar-refractivity contribution < 1.29 is 9.32 Å². The van der Waals surface area contributed by atoms with Gasteiger partial charge in [0.05, 0.1) is 6.54 Å². The van der Waals surface area contributed by atoms with Crippen LogP contribution >= 0.6 is 0 Å². The standard InChI is InChI=1S/C16H27N5O2/c1-13-18-15(19-23-13)12-20-8-2-5-14(11-20)17-7-4-10-21-9-3-6-16(21)22/h14,17H,2-12H2,1H3/t14-/m1/s1. The Hall–Kier alpha value is -1.47. The van der Waals surface area contributed by atoms with Crippen molar-refractivity contribution in [3.8, 4) is 0 Å². The van der Waals surface area contributed by atoms with E-state index in [0.29, 0.717) is 17.8 Å². The molecule has 1 atom stereocenters. The highest BCUT2D eigenvalue weighted by Gasteiger charge is 2.22. The van der Waals surface area contributed by atoms with Crippen molar-refractivity contribution in [3.63, 3.8) is 0 Å². The predicted octanol–water partition coefficient (Wildman–Crippen LogP) is 0.945. The van der Waals surface area contributed by atoms with Crippen LogP contribution in [-0.4, -0.2) is 64.6 Å². The van der Waals surface area contributed by atoms with Gasteiger partial charge in [0.1, 0.15) is 0 Å². The van der Waals surface area contributed by atoms with E-state index in [1.807, 2.05) is 11.8 Å². The molecule has 1 aromatic heterocycles. The Balaban J connectivity index is 1.34. The number of likely N-dealkylation sites (tertiary alicyclic amines) is 2. The minimum absolute atomic E-state index is 0.323. The van der Waals surface area contributed by atoms with Crippen molar-refractivity contribution in [1.82, 2.24) is 25.3 Å². The summed E-state index contributed by atoms with van der Waals surface area (Å²) in [6.07, 6.45) is 5.20. The third kappa shape index (κ3) is 4.75. The van der Waals surface area contributed by atoms with Crippen LogP contribution in [0, 0.1) is 6.92 Å². The first-order valence-electron chi connectivity index (χ1n) is 8.73. The molecule has 2 aliphatic rings. The first-order valence-corrected chi connectivity index (χ1v) is 8.73. The maximum atomic E-state index is 11.6. The van der Waals surface area contributed by atoms with E-state index in [0.717, 1.165) is 64.4 Å². The first-order chi connectivity index (χ1) is 11.2. The Morgan fingerprint density at radius 2 is 2.26 bits per heavy atom. The van der Waals surface area contributed by atoms with E-state index >= 15 is 0 Å². The second-order valence-electron chi connectivity index (χ2n) is 6.60. The Labute approximate surface area is 137 Å². The zero-order valence-electron chi connectivity index (χ0n) is 14.0. The summed E-state index contributed by atoms with van der Waals surface area (Å²) in [5.41, 5.74) is 0. The molecule has 2 aliphatic heterocycles. The molecule has 0 saturated carbocycles. The monoisotopic (exact) mass is 321 g/mol. The Kier molecular flexibility index (Phi) is 5.61. The number of rotatable bonds is 7. The highest BCUT2D eigenvalue weighted by molar-refractivity contribution is 5.77. The van der Waals surface area contributed by atoms with Crippen molar-refractivity contribution in [1.29, 1.82) is 0 Å². The van der Waals surface area contributed by atoms with E-state index in [4.69, 9.17) is 4.52 Å². The summed E-state index contributed by atoms with van der Waals surface area (Å²) >= 11 is 0. The van der Waals surface area contributed by atoms with Gasteiger partial charge in [-0.2, -0.15) is 4.98 Å². The molecular weight excluding hydrogens is 294 g/mol. The number of nitrogens with one attached hydrogen (secondary N) is 1. The van der Waals surface area contributed by atoms with E-state index in [-0.39, 0.29) is 0 Å². The topological polar surface area (TPSA) is 74.5 Å². The van der Waals surface area contributed by atoms with Gasteiger partial charge in [0.15, 0.2) is 5.82 Å². The van der Waals surface area contributed by atoms with E-state index in [9.17, 15) is 4.79 Å². The predicted molar refractivity (Wildman–Crippen MR) is 85.8 cm³/mol. The maximum absolute atomic E-state index is 11.6. The van der Waals surface area contributed by atoms with Crippen LogP contribution in [0.1, 0.15) is 43.8 Å². The molecule has 23 heavy (non-hydrogen) atoms. The molecule has 0 bridgehead atoms. The molecule has 0 spiro atoms. The largest absolute Gasteiger partial charge is 0.343 e. The van der Waals surface area contributed by atoms with Gasteiger partial charge in [-0.05, 0) is 38.8 Å². The molecular formula is C16H27N5O2. The highest BCUT2D eigenvalue weighted by Crippen LogP contribution is 2.13. The molecule has 0 radical (unpaired) electrons. The van der Waals surface area contributed by atoms with Gasteiger partial charge >= 0.3 is 0 Å². The number of carbonyl (C=O) groups excluding carboxylic acids is 1. The van der Waals surface area contributed by atoms with Gasteiger partial charge in [-0.1, -0.05) is 5.16 Å². The van der Waals surface area contributed by atoms with Gasteiger partial charge in [-0.3, -0.25) is 9.69 Å². The summed E-state index contributed by atoms with van der Waals surface area (Å²) in [7, 11) is 0. The number of piperidine rings is 1. The molecule has 7 nitrogen and oxygen atoms in total. The SMILES string of the molecule is Cc1nc(CN2CCC[C@@H](NCCCN3CCCC3=O)C2)no1. The zero-order chi connectivity index (χ0) is 16.1. The van der Waals surface area contributed by atoms with Gasteiger partial charge < -0.3 is 14.7 Å². The van der Waals surface area contributed by atoms with Gasteiger partial charge in [0.2, 0.25) is 11.8 Å². The average Bonchev–Trinajstić information content (AvgIpc) is 3.13. The number of hydrogen-bond donors (Lipinski definition) is 1. The van der Waals surface area contributed by atoms with Crippen molar-refractivity contribution in [3.05, 3.63) is 11.7 Å². The summed E-state index contributed by atoms with van der Waals surface area (Å²) in [5.74, 6) is 1.73. The lowest BCUT2D eigenvalue weighted by molar-refractivity contribution is -0.127. The fourth-order valence-electron chi connectivity index (χ4n) is 3.49. The number of amides is 1. The fraction of sp³-hybridized carbons (Fsp3) is 0.812. The first kappa shape index (κ1) is 16.4. The summed E-state index contributed by atoms with van der Waals surface area (Å²) < 4.78 is 5.03. The number of carbonyl (C=O) groups is 1. The van der Waals surface area contributed by atoms with Crippen LogP contribution < -0.4 is 5.32 Å². The second kappa shape index (κ2) is 7.88. The quantitative estimate of drug-likeness (QED) is 0.754. The summed E-state index contributed by atoms with van der Waals surface area (Å²) in [4.78, 5) is 20.2. The maximum Gasteiger partial charge on any atom is 0.223 e. The number of aryl methyl sites for hydroxylation is 1. The molecule has 1 amide bonds. The molecule has 7 heteroatoms. The van der Waals surface area contributed by atoms with Crippen LogP contribution in [-0.2, 0) is 11.3 Å². The van der Waals surface area contributed by atoms with Crippen molar-refractivity contribution in [2.75, 3.05) is 32.7 Å². The van der Waals surface area contributed by atoms with Crippen molar-refractivity contribution in [2.45, 2.75) is 51.6 Å². The fourth-order valence-corrected chi connectivity index (χ4v) is 3.49. The molecule has 2 saturated heterocycles. The Morgan fingerprint density at radius 3 is 3.00 bits per heavy atom. The second-order valence-corrected chi connectivity index (χ2v) is 6.60. The minimum atomic E-state index is 0.323. The molecule has 1 N–H and O–H groups in total. The lowest BCUT2D eigenvalue weighted by Crippen LogP contribution is -2.46. The van der Waals surface area contributed by atoms with Crippen LogP contribution in [0.25, 0.3) is 0 Å². The summed E-state index contributed by atoms with van der Waals surface area (Å²) in [5, 5.41) is 7.61. The molecule has 128 valence electrons. The number of hydrogen-bond acceptors (Lipinski definition) is 6. The number of nitrogens with zero attached hydrogens (tertiary/aromatic N) is 4. The number of aromatic nitrogens is 2. The van der Waals surface area contributed by atoms with E-state index in [2.05, 4.69) is 20.4 Å².